The predicted molar refractivity (Wildman–Crippen MR) is 184 cm³/mol. The van der Waals surface area contributed by atoms with E-state index in [-0.39, 0.29) is 0 Å². The maximum absolute atomic E-state index is 6.44. The van der Waals surface area contributed by atoms with E-state index in [9.17, 15) is 0 Å². The van der Waals surface area contributed by atoms with E-state index in [0.29, 0.717) is 0 Å². The molecule has 0 saturated heterocycles. The molecule has 202 valence electrons. The molecule has 0 aliphatic heterocycles. The smallest absolute Gasteiger partial charge is 0.136 e. The van der Waals surface area contributed by atoms with Crippen LogP contribution in [-0.4, -0.2) is 0 Å². The van der Waals surface area contributed by atoms with E-state index in [1.807, 2.05) is 0 Å². The summed E-state index contributed by atoms with van der Waals surface area (Å²) in [4.78, 5) is 2.33. The fraction of sp³-hybridized carbons (Fsp3) is 0. The third-order valence-corrected chi connectivity index (χ3v) is 9.40. The summed E-state index contributed by atoms with van der Waals surface area (Å²) in [6, 6.07) is 52.3. The van der Waals surface area contributed by atoms with Crippen molar-refractivity contribution >= 4 is 82.0 Å². The molecule has 0 atom stereocenters. The second kappa shape index (κ2) is 9.59. The Morgan fingerprint density at radius 2 is 1.28 bits per heavy atom. The first-order chi connectivity index (χ1) is 21.3. The molecule has 0 spiro atoms. The molecule has 0 bridgehead atoms. The van der Waals surface area contributed by atoms with Gasteiger partial charge in [-0.3, -0.25) is 0 Å². The number of para-hydroxylation sites is 1. The van der Waals surface area contributed by atoms with E-state index >= 15 is 0 Å². The molecule has 0 unspecified atom stereocenters. The monoisotopic (exact) mass is 567 g/mol. The fourth-order valence-corrected chi connectivity index (χ4v) is 7.26. The number of thiophene rings is 1. The third-order valence-electron chi connectivity index (χ3n) is 8.50. The number of furan rings is 1. The first-order valence-corrected chi connectivity index (χ1v) is 15.4. The van der Waals surface area contributed by atoms with Gasteiger partial charge in [-0.15, -0.1) is 11.3 Å². The number of fused-ring (bicyclic) bond motifs is 7. The van der Waals surface area contributed by atoms with Gasteiger partial charge in [0, 0.05) is 32.5 Å². The van der Waals surface area contributed by atoms with Gasteiger partial charge in [-0.05, 0) is 110 Å². The van der Waals surface area contributed by atoms with Crippen molar-refractivity contribution in [2.24, 2.45) is 0 Å². The number of hydrogen-bond acceptors (Lipinski definition) is 3. The van der Waals surface area contributed by atoms with Gasteiger partial charge in [-0.2, -0.15) is 0 Å². The zero-order chi connectivity index (χ0) is 28.3. The molecule has 9 aromatic rings. The standard InChI is InChI=1S/C40H25NOS/c1-2-8-30(9-3-1)41(31-17-20-39-29(24-31)21-22-43-39)32-16-19-37-36(25-32)40-35(11-6-12-38(40)42-37)28-15-18-34-27(23-28)14-13-26-7-4-5-10-33(26)34/h1-25H. The lowest BCUT2D eigenvalue weighted by atomic mass is 9.95. The van der Waals surface area contributed by atoms with E-state index in [2.05, 4.69) is 156 Å². The van der Waals surface area contributed by atoms with E-state index in [1.54, 1.807) is 11.3 Å². The third kappa shape index (κ3) is 3.93. The van der Waals surface area contributed by atoms with Crippen LogP contribution in [0.5, 0.6) is 0 Å². The maximum atomic E-state index is 6.44. The minimum absolute atomic E-state index is 0.888. The molecule has 0 saturated carbocycles. The minimum atomic E-state index is 0.888. The van der Waals surface area contributed by atoms with Crippen LogP contribution in [0.4, 0.5) is 17.1 Å². The van der Waals surface area contributed by atoms with E-state index in [1.165, 1.54) is 42.8 Å². The summed E-state index contributed by atoms with van der Waals surface area (Å²) in [5.74, 6) is 0. The predicted octanol–water partition coefficient (Wildman–Crippen LogP) is 12.2. The van der Waals surface area contributed by atoms with Crippen LogP contribution in [0.15, 0.2) is 155 Å². The first kappa shape index (κ1) is 24.2. The van der Waals surface area contributed by atoms with Gasteiger partial charge >= 0.3 is 0 Å². The Hall–Kier alpha value is -5.38. The Morgan fingerprint density at radius 3 is 2.23 bits per heavy atom. The summed E-state index contributed by atoms with van der Waals surface area (Å²) >= 11 is 1.77. The minimum Gasteiger partial charge on any atom is -0.456 e. The highest BCUT2D eigenvalue weighted by molar-refractivity contribution is 7.17. The SMILES string of the molecule is c1ccc(N(c2ccc3sccc3c2)c2ccc3oc4cccc(-c5ccc6c(ccc7ccccc76)c5)c4c3c2)cc1. The molecule has 7 aromatic carbocycles. The molecule has 2 nitrogen and oxygen atoms in total. The van der Waals surface area contributed by atoms with Crippen molar-refractivity contribution in [3.63, 3.8) is 0 Å². The zero-order valence-electron chi connectivity index (χ0n) is 23.2. The average Bonchev–Trinajstić information content (AvgIpc) is 3.69. The van der Waals surface area contributed by atoms with Gasteiger partial charge in [0.25, 0.3) is 0 Å². The van der Waals surface area contributed by atoms with Gasteiger partial charge in [-0.25, -0.2) is 0 Å². The highest BCUT2D eigenvalue weighted by atomic mass is 32.1. The summed E-state index contributed by atoms with van der Waals surface area (Å²) in [5, 5.41) is 10.7. The lowest BCUT2D eigenvalue weighted by Crippen LogP contribution is -2.09. The van der Waals surface area contributed by atoms with Crippen molar-refractivity contribution in [3.05, 3.63) is 151 Å². The molecule has 2 heterocycles. The molecule has 0 fully saturated rings. The number of nitrogens with zero attached hydrogens (tertiary/aromatic N) is 1. The topological polar surface area (TPSA) is 16.4 Å². The molecule has 0 radical (unpaired) electrons. The van der Waals surface area contributed by atoms with Crippen molar-refractivity contribution in [2.45, 2.75) is 0 Å². The average molecular weight is 568 g/mol. The normalized spacial score (nSPS) is 11.7. The maximum Gasteiger partial charge on any atom is 0.136 e. The van der Waals surface area contributed by atoms with E-state index < -0.39 is 0 Å². The zero-order valence-corrected chi connectivity index (χ0v) is 24.0. The molecular formula is C40H25NOS. The van der Waals surface area contributed by atoms with Crippen molar-refractivity contribution in [1.82, 2.24) is 0 Å². The molecule has 0 amide bonds. The Labute approximate surface area is 252 Å². The Balaban J connectivity index is 1.25. The van der Waals surface area contributed by atoms with Gasteiger partial charge in [0.05, 0.1) is 0 Å². The van der Waals surface area contributed by atoms with Gasteiger partial charge in [-0.1, -0.05) is 78.9 Å². The van der Waals surface area contributed by atoms with Gasteiger partial charge in [0.2, 0.25) is 0 Å². The molecule has 3 heteroatoms. The number of hydrogen-bond donors (Lipinski definition) is 0. The number of rotatable bonds is 4. The number of benzene rings is 7. The van der Waals surface area contributed by atoms with Gasteiger partial charge in [0.1, 0.15) is 11.2 Å². The Kier molecular flexibility index (Phi) is 5.40. The Bertz CT molecular complexity index is 2470. The summed E-state index contributed by atoms with van der Waals surface area (Å²) in [7, 11) is 0. The second-order valence-electron chi connectivity index (χ2n) is 11.0. The molecule has 2 aromatic heterocycles. The van der Waals surface area contributed by atoms with Crippen LogP contribution in [0, 0.1) is 0 Å². The van der Waals surface area contributed by atoms with E-state index in [0.717, 1.165) is 39.0 Å². The summed E-state index contributed by atoms with van der Waals surface area (Å²) < 4.78 is 7.73. The largest absolute Gasteiger partial charge is 0.456 e. The van der Waals surface area contributed by atoms with Crippen LogP contribution in [0.2, 0.25) is 0 Å². The van der Waals surface area contributed by atoms with Gasteiger partial charge < -0.3 is 9.32 Å². The fourth-order valence-electron chi connectivity index (χ4n) is 6.49. The lowest BCUT2D eigenvalue weighted by Gasteiger charge is -2.25. The summed E-state index contributed by atoms with van der Waals surface area (Å²) in [6.45, 7) is 0. The van der Waals surface area contributed by atoms with Crippen LogP contribution in [0.25, 0.3) is 64.7 Å². The summed E-state index contributed by atoms with van der Waals surface area (Å²) in [6.07, 6.45) is 0. The summed E-state index contributed by atoms with van der Waals surface area (Å²) in [5.41, 5.74) is 7.49. The highest BCUT2D eigenvalue weighted by Crippen LogP contribution is 2.42. The van der Waals surface area contributed by atoms with E-state index in [4.69, 9.17) is 4.42 Å². The van der Waals surface area contributed by atoms with Gasteiger partial charge in [0.15, 0.2) is 0 Å². The molecular weight excluding hydrogens is 543 g/mol. The van der Waals surface area contributed by atoms with Crippen molar-refractivity contribution in [2.75, 3.05) is 4.90 Å². The van der Waals surface area contributed by atoms with Crippen LogP contribution in [0.3, 0.4) is 0 Å². The number of anilines is 3. The molecule has 0 aliphatic rings. The van der Waals surface area contributed by atoms with Crippen LogP contribution in [-0.2, 0) is 0 Å². The Morgan fingerprint density at radius 1 is 0.465 bits per heavy atom. The van der Waals surface area contributed by atoms with Crippen LogP contribution < -0.4 is 4.90 Å². The van der Waals surface area contributed by atoms with Crippen LogP contribution in [0.1, 0.15) is 0 Å². The van der Waals surface area contributed by atoms with Crippen LogP contribution >= 0.6 is 11.3 Å². The quantitative estimate of drug-likeness (QED) is 0.197. The van der Waals surface area contributed by atoms with Crippen molar-refractivity contribution in [1.29, 1.82) is 0 Å². The lowest BCUT2D eigenvalue weighted by molar-refractivity contribution is 0.669. The molecule has 0 aliphatic carbocycles. The van der Waals surface area contributed by atoms with Crippen molar-refractivity contribution in [3.8, 4) is 11.1 Å². The van der Waals surface area contributed by atoms with Crippen molar-refractivity contribution < 1.29 is 4.42 Å². The molecule has 0 N–H and O–H groups in total. The second-order valence-corrected chi connectivity index (χ2v) is 11.9. The molecule has 9 rings (SSSR count). The molecule has 43 heavy (non-hydrogen) atoms. The first-order valence-electron chi connectivity index (χ1n) is 14.5. The highest BCUT2D eigenvalue weighted by Gasteiger charge is 2.18.